The van der Waals surface area contributed by atoms with Crippen molar-refractivity contribution < 1.29 is 9.52 Å². The van der Waals surface area contributed by atoms with Crippen molar-refractivity contribution in [2.45, 2.75) is 28.3 Å². The average molecular weight is 366 g/mol. The monoisotopic (exact) mass is 366 g/mol. The Kier molecular flexibility index (Phi) is 4.93. The molecule has 0 fully saturated rings. The Bertz CT molecular complexity index is 905. The molecule has 0 aliphatic rings. The number of aromatic nitrogens is 2. The van der Waals surface area contributed by atoms with Gasteiger partial charge >= 0.3 is 5.63 Å². The van der Waals surface area contributed by atoms with E-state index in [1.54, 1.807) is 53.9 Å². The van der Waals surface area contributed by atoms with Crippen LogP contribution in [-0.2, 0) is 5.75 Å². The van der Waals surface area contributed by atoms with Gasteiger partial charge in [-0.2, -0.15) is 0 Å². The number of hydrogen-bond donors (Lipinski definition) is 1. The molecular weight excluding hydrogens is 352 g/mol. The number of benzene rings is 1. The molecule has 3 aromatic rings. The second kappa shape index (κ2) is 6.94. The zero-order valence-electron chi connectivity index (χ0n) is 12.5. The Labute approximate surface area is 145 Å². The van der Waals surface area contributed by atoms with E-state index in [-0.39, 0.29) is 5.75 Å². The van der Waals surface area contributed by atoms with Crippen molar-refractivity contribution in [2.75, 3.05) is 5.75 Å². The van der Waals surface area contributed by atoms with E-state index in [1.165, 1.54) is 6.07 Å². The van der Waals surface area contributed by atoms with Gasteiger partial charge in [0, 0.05) is 22.8 Å². The second-order valence-electron chi connectivity index (χ2n) is 4.73. The van der Waals surface area contributed by atoms with Crippen LogP contribution in [0.3, 0.4) is 0 Å². The molecule has 2 aromatic heterocycles. The van der Waals surface area contributed by atoms with Gasteiger partial charge in [0.1, 0.15) is 11.3 Å². The zero-order chi connectivity index (χ0) is 16.4. The number of hydrogen-bond acceptors (Lipinski definition) is 8. The van der Waals surface area contributed by atoms with Crippen LogP contribution in [0.5, 0.6) is 5.75 Å². The lowest BCUT2D eigenvalue weighted by Crippen LogP contribution is -2.00. The summed E-state index contributed by atoms with van der Waals surface area (Å²) in [6, 6.07) is 4.89. The number of fused-ring (bicyclic) bond motifs is 1. The molecule has 120 valence electrons. The standard InChI is InChI=1S/C15H14N2O3S3/c1-3-21-14-16-17-15(23-14)22-7-9-6-12(19)20-13-8(2)11(18)5-4-10(9)13/h4-6,18H,3,7H2,1-2H3. The second-order valence-corrected chi connectivity index (χ2v) is 8.44. The van der Waals surface area contributed by atoms with Gasteiger partial charge in [0.05, 0.1) is 0 Å². The Balaban J connectivity index is 1.90. The Morgan fingerprint density at radius 2 is 2.00 bits per heavy atom. The molecule has 0 radical (unpaired) electrons. The van der Waals surface area contributed by atoms with Crippen LogP contribution in [-0.4, -0.2) is 21.1 Å². The molecular formula is C15H14N2O3S3. The number of nitrogens with zero attached hydrogens (tertiary/aromatic N) is 2. The van der Waals surface area contributed by atoms with Crippen molar-refractivity contribution >= 4 is 45.8 Å². The predicted molar refractivity (Wildman–Crippen MR) is 94.8 cm³/mol. The molecule has 23 heavy (non-hydrogen) atoms. The van der Waals surface area contributed by atoms with E-state index < -0.39 is 5.63 Å². The van der Waals surface area contributed by atoms with Gasteiger partial charge in [-0.15, -0.1) is 10.2 Å². The molecule has 0 saturated heterocycles. The Morgan fingerprint density at radius 3 is 2.74 bits per heavy atom. The molecule has 5 nitrogen and oxygen atoms in total. The predicted octanol–water partition coefficient (Wildman–Crippen LogP) is 4.06. The highest BCUT2D eigenvalue weighted by Gasteiger charge is 2.12. The first kappa shape index (κ1) is 16.4. The molecule has 1 aromatic carbocycles. The number of aromatic hydroxyl groups is 1. The van der Waals surface area contributed by atoms with Crippen LogP contribution in [0, 0.1) is 6.92 Å². The highest BCUT2D eigenvalue weighted by atomic mass is 32.2. The normalized spacial score (nSPS) is 11.2. The van der Waals surface area contributed by atoms with Gasteiger partial charge in [-0.25, -0.2) is 4.79 Å². The molecule has 1 N–H and O–H groups in total. The summed E-state index contributed by atoms with van der Waals surface area (Å²) < 4.78 is 7.07. The summed E-state index contributed by atoms with van der Waals surface area (Å²) >= 11 is 4.76. The van der Waals surface area contributed by atoms with Crippen LogP contribution in [0.4, 0.5) is 0 Å². The quantitative estimate of drug-likeness (QED) is 0.539. The van der Waals surface area contributed by atoms with Crippen LogP contribution in [0.15, 0.2) is 36.1 Å². The number of phenolic OH excluding ortho intramolecular Hbond substituents is 1. The van der Waals surface area contributed by atoms with Gasteiger partial charge < -0.3 is 9.52 Å². The first-order valence-electron chi connectivity index (χ1n) is 6.93. The zero-order valence-corrected chi connectivity index (χ0v) is 15.0. The summed E-state index contributed by atoms with van der Waals surface area (Å²) in [4.78, 5) is 11.8. The summed E-state index contributed by atoms with van der Waals surface area (Å²) in [5.41, 5.74) is 1.46. The van der Waals surface area contributed by atoms with Crippen molar-refractivity contribution in [3.8, 4) is 5.75 Å². The maximum absolute atomic E-state index is 11.8. The molecule has 0 bridgehead atoms. The molecule has 0 aliphatic carbocycles. The van der Waals surface area contributed by atoms with E-state index >= 15 is 0 Å². The minimum atomic E-state index is -0.415. The summed E-state index contributed by atoms with van der Waals surface area (Å²) in [5, 5.41) is 18.9. The fraction of sp³-hybridized carbons (Fsp3) is 0.267. The van der Waals surface area contributed by atoms with E-state index in [4.69, 9.17) is 4.42 Å². The van der Waals surface area contributed by atoms with Crippen LogP contribution >= 0.6 is 34.9 Å². The van der Waals surface area contributed by atoms with E-state index in [2.05, 4.69) is 17.1 Å². The van der Waals surface area contributed by atoms with Crippen molar-refractivity contribution in [3.63, 3.8) is 0 Å². The van der Waals surface area contributed by atoms with Crippen molar-refractivity contribution in [2.24, 2.45) is 0 Å². The molecule has 0 spiro atoms. The van der Waals surface area contributed by atoms with Crippen molar-refractivity contribution in [1.82, 2.24) is 10.2 Å². The van der Waals surface area contributed by atoms with Gasteiger partial charge in [0.25, 0.3) is 0 Å². The molecule has 0 aliphatic heterocycles. The first-order chi connectivity index (χ1) is 11.1. The molecule has 0 unspecified atom stereocenters. The fourth-order valence-electron chi connectivity index (χ4n) is 2.11. The van der Waals surface area contributed by atoms with E-state index in [0.717, 1.165) is 25.4 Å². The third kappa shape index (κ3) is 3.54. The minimum absolute atomic E-state index is 0.121. The van der Waals surface area contributed by atoms with E-state index in [1.807, 2.05) is 0 Å². The third-order valence-electron chi connectivity index (χ3n) is 3.22. The summed E-state index contributed by atoms with van der Waals surface area (Å²) in [5.74, 6) is 1.68. The molecule has 0 atom stereocenters. The van der Waals surface area contributed by atoms with Gasteiger partial charge in [-0.1, -0.05) is 41.8 Å². The van der Waals surface area contributed by atoms with Crippen LogP contribution < -0.4 is 5.63 Å². The van der Waals surface area contributed by atoms with Crippen molar-refractivity contribution in [1.29, 1.82) is 0 Å². The molecule has 0 amide bonds. The number of aryl methyl sites for hydroxylation is 1. The minimum Gasteiger partial charge on any atom is -0.508 e. The number of thioether (sulfide) groups is 2. The third-order valence-corrected chi connectivity index (χ3v) is 6.35. The van der Waals surface area contributed by atoms with Crippen LogP contribution in [0.1, 0.15) is 18.1 Å². The largest absolute Gasteiger partial charge is 0.508 e. The van der Waals surface area contributed by atoms with Gasteiger partial charge in [0.2, 0.25) is 0 Å². The summed E-state index contributed by atoms with van der Waals surface area (Å²) in [6.45, 7) is 3.81. The summed E-state index contributed by atoms with van der Waals surface area (Å²) in [7, 11) is 0. The maximum atomic E-state index is 11.8. The molecule has 3 rings (SSSR count). The SMILES string of the molecule is CCSc1nnc(SCc2cc(=O)oc3c(C)c(O)ccc23)s1. The van der Waals surface area contributed by atoms with Crippen LogP contribution in [0.2, 0.25) is 0 Å². The molecule has 0 saturated carbocycles. The molecule has 8 heteroatoms. The smallest absolute Gasteiger partial charge is 0.336 e. The van der Waals surface area contributed by atoms with E-state index in [9.17, 15) is 9.90 Å². The van der Waals surface area contributed by atoms with E-state index in [0.29, 0.717) is 16.9 Å². The lowest BCUT2D eigenvalue weighted by Gasteiger charge is -2.07. The topological polar surface area (TPSA) is 76.2 Å². The Morgan fingerprint density at radius 1 is 1.26 bits per heavy atom. The van der Waals surface area contributed by atoms with Crippen LogP contribution in [0.25, 0.3) is 11.0 Å². The fourth-order valence-corrected chi connectivity index (χ4v) is 5.02. The highest BCUT2D eigenvalue weighted by Crippen LogP contribution is 2.33. The lowest BCUT2D eigenvalue weighted by atomic mass is 10.1. The maximum Gasteiger partial charge on any atom is 0.336 e. The average Bonchev–Trinajstić information content (AvgIpc) is 2.97. The number of rotatable bonds is 5. The molecule has 2 heterocycles. The lowest BCUT2D eigenvalue weighted by molar-refractivity contribution is 0.468. The Hall–Kier alpha value is -1.51. The van der Waals surface area contributed by atoms with Crippen molar-refractivity contribution in [3.05, 3.63) is 39.7 Å². The van der Waals surface area contributed by atoms with Gasteiger partial charge in [-0.3, -0.25) is 0 Å². The van der Waals surface area contributed by atoms with Gasteiger partial charge in [-0.05, 0) is 30.4 Å². The van der Waals surface area contributed by atoms with Gasteiger partial charge in [0.15, 0.2) is 8.68 Å². The first-order valence-corrected chi connectivity index (χ1v) is 9.71. The summed E-state index contributed by atoms with van der Waals surface area (Å²) in [6.07, 6.45) is 0. The highest BCUT2D eigenvalue weighted by molar-refractivity contribution is 8.02. The number of phenols is 1.